The van der Waals surface area contributed by atoms with Crippen molar-refractivity contribution in [2.75, 3.05) is 19.7 Å². The van der Waals surface area contributed by atoms with Gasteiger partial charge in [-0.15, -0.1) is 0 Å². The van der Waals surface area contributed by atoms with Crippen LogP contribution in [0.3, 0.4) is 0 Å². The second-order valence-corrected chi connectivity index (χ2v) is 6.73. The van der Waals surface area contributed by atoms with E-state index >= 15 is 0 Å². The first-order valence-corrected chi connectivity index (χ1v) is 8.75. The maximum Gasteiger partial charge on any atom is 0.220 e. The Morgan fingerprint density at radius 3 is 2.61 bits per heavy atom. The number of nitrogens with one attached hydrogen (secondary N) is 2. The van der Waals surface area contributed by atoms with Gasteiger partial charge in [0.2, 0.25) is 5.91 Å². The highest BCUT2D eigenvalue weighted by Crippen LogP contribution is 2.22. The molecule has 1 aromatic carbocycles. The van der Waals surface area contributed by atoms with Gasteiger partial charge in [-0.3, -0.25) is 4.79 Å². The number of rotatable bonds is 7. The van der Waals surface area contributed by atoms with E-state index < -0.39 is 0 Å². The predicted octanol–water partition coefficient (Wildman–Crippen LogP) is 2.97. The zero-order chi connectivity index (χ0) is 16.7. The molecule has 0 spiro atoms. The average molecular weight is 318 g/mol. The third-order valence-corrected chi connectivity index (χ3v) is 4.53. The number of ether oxygens (including phenoxy) is 1. The van der Waals surface area contributed by atoms with Crippen molar-refractivity contribution in [3.8, 4) is 5.75 Å². The molecule has 4 heteroatoms. The monoisotopic (exact) mass is 318 g/mol. The van der Waals surface area contributed by atoms with Crippen LogP contribution in [0.15, 0.2) is 18.2 Å². The predicted molar refractivity (Wildman–Crippen MR) is 93.8 cm³/mol. The molecule has 1 fully saturated rings. The Morgan fingerprint density at radius 1 is 1.30 bits per heavy atom. The number of amides is 1. The molecule has 0 aliphatic carbocycles. The summed E-state index contributed by atoms with van der Waals surface area (Å²) < 4.78 is 5.90. The molecule has 1 atom stereocenters. The smallest absolute Gasteiger partial charge is 0.220 e. The van der Waals surface area contributed by atoms with Crippen molar-refractivity contribution in [3.63, 3.8) is 0 Å². The third-order valence-electron chi connectivity index (χ3n) is 4.53. The van der Waals surface area contributed by atoms with Crippen LogP contribution in [0.5, 0.6) is 5.75 Å². The zero-order valence-corrected chi connectivity index (χ0v) is 14.7. The molecule has 1 aliphatic heterocycles. The fourth-order valence-corrected chi connectivity index (χ4v) is 3.13. The van der Waals surface area contributed by atoms with Crippen LogP contribution in [0.1, 0.15) is 43.7 Å². The number of hydrogen-bond acceptors (Lipinski definition) is 3. The molecule has 2 rings (SSSR count). The molecule has 1 amide bonds. The summed E-state index contributed by atoms with van der Waals surface area (Å²) in [5.41, 5.74) is 2.27. The Hall–Kier alpha value is -1.55. The molecule has 1 heterocycles. The molecule has 1 aromatic rings. The van der Waals surface area contributed by atoms with Crippen molar-refractivity contribution in [2.24, 2.45) is 5.92 Å². The minimum Gasteiger partial charge on any atom is -0.491 e. The number of carbonyl (C=O) groups excluding carboxylic acids is 1. The van der Waals surface area contributed by atoms with Crippen LogP contribution >= 0.6 is 0 Å². The molecule has 0 saturated carbocycles. The zero-order valence-electron chi connectivity index (χ0n) is 14.7. The van der Waals surface area contributed by atoms with E-state index in [9.17, 15) is 4.79 Å². The highest BCUT2D eigenvalue weighted by atomic mass is 16.5. The van der Waals surface area contributed by atoms with Gasteiger partial charge >= 0.3 is 0 Å². The topological polar surface area (TPSA) is 50.4 Å². The fraction of sp³-hybridized carbons (Fsp3) is 0.632. The Morgan fingerprint density at radius 2 is 1.96 bits per heavy atom. The quantitative estimate of drug-likeness (QED) is 0.812. The first kappa shape index (κ1) is 17.8. The van der Waals surface area contributed by atoms with Crippen molar-refractivity contribution in [3.05, 3.63) is 29.3 Å². The number of aryl methyl sites for hydroxylation is 2. The van der Waals surface area contributed by atoms with Gasteiger partial charge in [-0.2, -0.15) is 0 Å². The molecular weight excluding hydrogens is 288 g/mol. The molecule has 4 nitrogen and oxygen atoms in total. The molecule has 0 radical (unpaired) electrons. The van der Waals surface area contributed by atoms with E-state index in [0.29, 0.717) is 18.9 Å². The summed E-state index contributed by atoms with van der Waals surface area (Å²) in [5.74, 6) is 1.77. The van der Waals surface area contributed by atoms with Gasteiger partial charge in [0.25, 0.3) is 0 Å². The summed E-state index contributed by atoms with van der Waals surface area (Å²) in [6, 6.07) is 6.15. The minimum atomic E-state index is 0.0227. The van der Waals surface area contributed by atoms with Gasteiger partial charge in [-0.25, -0.2) is 0 Å². The lowest BCUT2D eigenvalue weighted by Gasteiger charge is -2.22. The summed E-state index contributed by atoms with van der Waals surface area (Å²) in [6.07, 6.45) is 4.01. The number of piperidine rings is 1. The van der Waals surface area contributed by atoms with Crippen LogP contribution in [0.2, 0.25) is 0 Å². The largest absolute Gasteiger partial charge is 0.491 e. The molecule has 0 bridgehead atoms. The van der Waals surface area contributed by atoms with Crippen LogP contribution in [-0.2, 0) is 4.79 Å². The lowest BCUT2D eigenvalue weighted by atomic mass is 9.93. The van der Waals surface area contributed by atoms with Crippen LogP contribution in [0, 0.1) is 19.8 Å². The summed E-state index contributed by atoms with van der Waals surface area (Å²) >= 11 is 0. The summed E-state index contributed by atoms with van der Waals surface area (Å²) in [4.78, 5) is 12.1. The van der Waals surface area contributed by atoms with Crippen LogP contribution < -0.4 is 15.4 Å². The number of hydrogen-bond donors (Lipinski definition) is 2. The Labute approximate surface area is 140 Å². The summed E-state index contributed by atoms with van der Waals surface area (Å²) in [5, 5.41) is 6.41. The van der Waals surface area contributed by atoms with Crippen molar-refractivity contribution >= 4 is 5.91 Å². The van der Waals surface area contributed by atoms with E-state index in [1.165, 1.54) is 12.8 Å². The molecule has 1 aliphatic rings. The molecule has 1 unspecified atom stereocenters. The Bertz CT molecular complexity index is 490. The van der Waals surface area contributed by atoms with Crippen molar-refractivity contribution in [2.45, 2.75) is 52.5 Å². The van der Waals surface area contributed by atoms with Crippen molar-refractivity contribution < 1.29 is 9.53 Å². The van der Waals surface area contributed by atoms with Gasteiger partial charge in [-0.1, -0.05) is 18.2 Å². The summed E-state index contributed by atoms with van der Waals surface area (Å²) in [6.45, 7) is 8.77. The van der Waals surface area contributed by atoms with E-state index in [0.717, 1.165) is 36.4 Å². The summed E-state index contributed by atoms with van der Waals surface area (Å²) in [7, 11) is 0. The standard InChI is InChI=1S/C19H30N2O2/c1-14-5-4-6-15(2)19(14)23-13-16(3)21-18(22)8-7-17-9-11-20-12-10-17/h4-6,16-17,20H,7-13H2,1-3H3,(H,21,22). The second kappa shape index (κ2) is 8.92. The van der Waals surface area contributed by atoms with Gasteiger partial charge in [0, 0.05) is 6.42 Å². The maximum atomic E-state index is 12.1. The normalized spacial score (nSPS) is 16.8. The molecule has 23 heavy (non-hydrogen) atoms. The SMILES string of the molecule is Cc1cccc(C)c1OCC(C)NC(=O)CCC1CCNCC1. The van der Waals surface area contributed by atoms with Gasteiger partial charge in [-0.05, 0) is 70.2 Å². The lowest BCUT2D eigenvalue weighted by molar-refractivity contribution is -0.122. The number of para-hydroxylation sites is 1. The third kappa shape index (κ3) is 5.87. The van der Waals surface area contributed by atoms with E-state index in [1.54, 1.807) is 0 Å². The number of benzene rings is 1. The van der Waals surface area contributed by atoms with Crippen molar-refractivity contribution in [1.29, 1.82) is 0 Å². The molecule has 128 valence electrons. The van der Waals surface area contributed by atoms with Gasteiger partial charge < -0.3 is 15.4 Å². The number of carbonyl (C=O) groups is 1. The first-order valence-electron chi connectivity index (χ1n) is 8.75. The van der Waals surface area contributed by atoms with Gasteiger partial charge in [0.1, 0.15) is 12.4 Å². The fourth-order valence-electron chi connectivity index (χ4n) is 3.13. The Balaban J connectivity index is 1.69. The van der Waals surface area contributed by atoms with E-state index in [4.69, 9.17) is 4.74 Å². The van der Waals surface area contributed by atoms with Crippen LogP contribution in [0.4, 0.5) is 0 Å². The highest BCUT2D eigenvalue weighted by Gasteiger charge is 2.15. The van der Waals surface area contributed by atoms with Crippen LogP contribution in [-0.4, -0.2) is 31.6 Å². The van der Waals surface area contributed by atoms with Crippen molar-refractivity contribution in [1.82, 2.24) is 10.6 Å². The van der Waals surface area contributed by atoms with Crippen LogP contribution in [0.25, 0.3) is 0 Å². The first-order chi connectivity index (χ1) is 11.1. The second-order valence-electron chi connectivity index (χ2n) is 6.73. The van der Waals surface area contributed by atoms with Gasteiger partial charge in [0.05, 0.1) is 6.04 Å². The Kier molecular flexibility index (Phi) is 6.90. The minimum absolute atomic E-state index is 0.0227. The highest BCUT2D eigenvalue weighted by molar-refractivity contribution is 5.76. The molecule has 1 saturated heterocycles. The van der Waals surface area contributed by atoms with Gasteiger partial charge in [0.15, 0.2) is 0 Å². The molecular formula is C19H30N2O2. The average Bonchev–Trinajstić information content (AvgIpc) is 2.53. The van der Waals surface area contributed by atoms with E-state index in [2.05, 4.69) is 10.6 Å². The molecule has 2 N–H and O–H groups in total. The van der Waals surface area contributed by atoms with E-state index in [1.807, 2.05) is 39.0 Å². The lowest BCUT2D eigenvalue weighted by Crippen LogP contribution is -2.37. The molecule has 0 aromatic heterocycles. The van der Waals surface area contributed by atoms with E-state index in [-0.39, 0.29) is 11.9 Å². The maximum absolute atomic E-state index is 12.1.